The molecule has 0 N–H and O–H groups in total. The molecule has 0 spiro atoms. The van der Waals surface area contributed by atoms with Crippen molar-refractivity contribution in [1.29, 1.82) is 0 Å². The number of carbonyl (C=O) groups excluding carboxylic acids is 1. The first kappa shape index (κ1) is 12.5. The lowest BCUT2D eigenvalue weighted by Crippen LogP contribution is -2.39. The number of rotatable bonds is 2. The quantitative estimate of drug-likeness (QED) is 0.832. The number of nitrogens with zero attached hydrogens (tertiary/aromatic N) is 1. The number of halogens is 1. The fourth-order valence-electron chi connectivity index (χ4n) is 2.56. The third-order valence-electron chi connectivity index (χ3n) is 3.73. The molecule has 1 aliphatic heterocycles. The van der Waals surface area contributed by atoms with Gasteiger partial charge in [-0.3, -0.25) is 4.79 Å². The van der Waals surface area contributed by atoms with Gasteiger partial charge < -0.3 is 4.90 Å². The molecule has 1 amide bonds. The third kappa shape index (κ3) is 2.59. The van der Waals surface area contributed by atoms with Gasteiger partial charge in [0.15, 0.2) is 0 Å². The Morgan fingerprint density at radius 3 is 2.56 bits per heavy atom. The second-order valence-electron chi connectivity index (χ2n) is 4.94. The molecule has 1 saturated heterocycles. The second kappa shape index (κ2) is 5.25. The molecule has 0 radical (unpaired) electrons. The second-order valence-corrected chi connectivity index (χ2v) is 7.08. The van der Waals surface area contributed by atoms with Crippen LogP contribution in [-0.4, -0.2) is 35.4 Å². The van der Waals surface area contributed by atoms with Crippen LogP contribution in [0.15, 0.2) is 28.7 Å². The summed E-state index contributed by atoms with van der Waals surface area (Å²) in [5.41, 5.74) is 1.31. The molecule has 18 heavy (non-hydrogen) atoms. The summed E-state index contributed by atoms with van der Waals surface area (Å²) in [5, 5.41) is 0. The van der Waals surface area contributed by atoms with Crippen molar-refractivity contribution in [3.8, 4) is 0 Å². The van der Waals surface area contributed by atoms with E-state index in [0.29, 0.717) is 11.8 Å². The molecule has 96 valence electrons. The molecule has 1 aromatic rings. The van der Waals surface area contributed by atoms with Crippen LogP contribution in [0.3, 0.4) is 0 Å². The van der Waals surface area contributed by atoms with Crippen molar-refractivity contribution in [2.75, 3.05) is 24.6 Å². The lowest BCUT2D eigenvalue weighted by molar-refractivity contribution is -0.132. The van der Waals surface area contributed by atoms with E-state index in [0.717, 1.165) is 35.5 Å². The molecule has 1 aliphatic carbocycles. The van der Waals surface area contributed by atoms with Crippen LogP contribution >= 0.6 is 27.7 Å². The van der Waals surface area contributed by atoms with Gasteiger partial charge in [-0.25, -0.2) is 0 Å². The first-order chi connectivity index (χ1) is 8.75. The van der Waals surface area contributed by atoms with Crippen molar-refractivity contribution in [2.24, 2.45) is 5.92 Å². The minimum absolute atomic E-state index is 0.245. The highest BCUT2D eigenvalue weighted by molar-refractivity contribution is 9.10. The van der Waals surface area contributed by atoms with Crippen LogP contribution in [0.5, 0.6) is 0 Å². The first-order valence-electron chi connectivity index (χ1n) is 6.38. The summed E-state index contributed by atoms with van der Waals surface area (Å²) < 4.78 is 1.10. The van der Waals surface area contributed by atoms with Gasteiger partial charge in [0, 0.05) is 35.0 Å². The molecule has 1 saturated carbocycles. The molecule has 2 fully saturated rings. The monoisotopic (exact) mass is 325 g/mol. The van der Waals surface area contributed by atoms with E-state index >= 15 is 0 Å². The van der Waals surface area contributed by atoms with Gasteiger partial charge in [0.2, 0.25) is 5.91 Å². The smallest absolute Gasteiger partial charge is 0.226 e. The molecule has 1 heterocycles. The zero-order chi connectivity index (χ0) is 12.5. The highest BCUT2D eigenvalue weighted by Crippen LogP contribution is 2.48. The van der Waals surface area contributed by atoms with Crippen molar-refractivity contribution in [2.45, 2.75) is 12.3 Å². The zero-order valence-corrected chi connectivity index (χ0v) is 12.5. The molecule has 2 nitrogen and oxygen atoms in total. The minimum Gasteiger partial charge on any atom is -0.341 e. The summed E-state index contributed by atoms with van der Waals surface area (Å²) in [6.45, 7) is 1.88. The molecule has 3 rings (SSSR count). The van der Waals surface area contributed by atoms with Crippen molar-refractivity contribution in [1.82, 2.24) is 4.90 Å². The molecule has 1 aromatic carbocycles. The molecule has 2 atom stereocenters. The van der Waals surface area contributed by atoms with E-state index in [-0.39, 0.29) is 5.92 Å². The number of carbonyl (C=O) groups is 1. The van der Waals surface area contributed by atoms with Crippen LogP contribution in [-0.2, 0) is 4.79 Å². The molecule has 2 aliphatic rings. The standard InChI is InChI=1S/C14H16BrNOS/c15-11-3-1-10(2-4-11)12-9-13(12)14(17)16-5-7-18-8-6-16/h1-4,12-13H,5-9H2/t12-,13-/m0/s1. The molecule has 0 unspecified atom stereocenters. The van der Waals surface area contributed by atoms with Crippen molar-refractivity contribution >= 4 is 33.6 Å². The highest BCUT2D eigenvalue weighted by Gasteiger charge is 2.45. The Morgan fingerprint density at radius 1 is 1.22 bits per heavy atom. The maximum Gasteiger partial charge on any atom is 0.226 e. The SMILES string of the molecule is O=C([C@H]1C[C@H]1c1ccc(Br)cc1)N1CCSCC1. The number of hydrogen-bond acceptors (Lipinski definition) is 2. The molecule has 0 bridgehead atoms. The predicted octanol–water partition coefficient (Wildman–Crippen LogP) is 3.13. The Kier molecular flexibility index (Phi) is 3.66. The average Bonchev–Trinajstić information content (AvgIpc) is 3.20. The van der Waals surface area contributed by atoms with Crippen LogP contribution in [0.2, 0.25) is 0 Å². The largest absolute Gasteiger partial charge is 0.341 e. The topological polar surface area (TPSA) is 20.3 Å². The molecule has 0 aromatic heterocycles. The fourth-order valence-corrected chi connectivity index (χ4v) is 3.73. The van der Waals surface area contributed by atoms with Crippen LogP contribution in [0.1, 0.15) is 17.9 Å². The maximum absolute atomic E-state index is 12.3. The number of hydrogen-bond donors (Lipinski definition) is 0. The average molecular weight is 326 g/mol. The third-order valence-corrected chi connectivity index (χ3v) is 5.20. The summed E-state index contributed by atoms with van der Waals surface area (Å²) in [7, 11) is 0. The molecule has 4 heteroatoms. The normalized spacial score (nSPS) is 27.1. The molecular weight excluding hydrogens is 310 g/mol. The summed E-state index contributed by atoms with van der Waals surface area (Å²) in [6, 6.07) is 8.39. The maximum atomic E-state index is 12.3. The number of benzene rings is 1. The summed E-state index contributed by atoms with van der Waals surface area (Å²) in [6.07, 6.45) is 1.03. The Bertz CT molecular complexity index is 442. The van der Waals surface area contributed by atoms with Crippen molar-refractivity contribution in [3.05, 3.63) is 34.3 Å². The number of amides is 1. The predicted molar refractivity (Wildman–Crippen MR) is 78.9 cm³/mol. The van der Waals surface area contributed by atoms with E-state index in [9.17, 15) is 4.79 Å². The minimum atomic E-state index is 0.245. The van der Waals surface area contributed by atoms with Crippen LogP contribution < -0.4 is 0 Å². The first-order valence-corrected chi connectivity index (χ1v) is 8.32. The van der Waals surface area contributed by atoms with Crippen LogP contribution in [0.4, 0.5) is 0 Å². The summed E-state index contributed by atoms with van der Waals surface area (Å²) >= 11 is 5.39. The van der Waals surface area contributed by atoms with Gasteiger partial charge in [-0.05, 0) is 30.0 Å². The Balaban J connectivity index is 1.63. The lowest BCUT2D eigenvalue weighted by atomic mass is 10.1. The van der Waals surface area contributed by atoms with E-state index in [2.05, 4.69) is 45.1 Å². The van der Waals surface area contributed by atoms with Gasteiger partial charge in [0.25, 0.3) is 0 Å². The van der Waals surface area contributed by atoms with E-state index in [1.807, 2.05) is 11.8 Å². The summed E-state index contributed by atoms with van der Waals surface area (Å²) in [4.78, 5) is 14.4. The van der Waals surface area contributed by atoms with E-state index in [4.69, 9.17) is 0 Å². The number of thioether (sulfide) groups is 1. The van der Waals surface area contributed by atoms with E-state index in [1.165, 1.54) is 5.56 Å². The van der Waals surface area contributed by atoms with Crippen molar-refractivity contribution < 1.29 is 4.79 Å². The summed E-state index contributed by atoms with van der Waals surface area (Å²) in [5.74, 6) is 3.28. The van der Waals surface area contributed by atoms with Crippen molar-refractivity contribution in [3.63, 3.8) is 0 Å². The van der Waals surface area contributed by atoms with Gasteiger partial charge in [-0.2, -0.15) is 11.8 Å². The van der Waals surface area contributed by atoms with Gasteiger partial charge in [-0.1, -0.05) is 28.1 Å². The lowest BCUT2D eigenvalue weighted by Gasteiger charge is -2.26. The van der Waals surface area contributed by atoms with E-state index < -0.39 is 0 Å². The van der Waals surface area contributed by atoms with Gasteiger partial charge in [0.05, 0.1) is 0 Å². The Hall–Kier alpha value is -0.480. The van der Waals surface area contributed by atoms with Gasteiger partial charge in [0.1, 0.15) is 0 Å². The Labute approximate surface area is 120 Å². The van der Waals surface area contributed by atoms with Gasteiger partial charge >= 0.3 is 0 Å². The Morgan fingerprint density at radius 2 is 1.89 bits per heavy atom. The fraction of sp³-hybridized carbons (Fsp3) is 0.500. The van der Waals surface area contributed by atoms with Crippen LogP contribution in [0, 0.1) is 5.92 Å². The zero-order valence-electron chi connectivity index (χ0n) is 10.1. The van der Waals surface area contributed by atoms with Gasteiger partial charge in [-0.15, -0.1) is 0 Å². The molecular formula is C14H16BrNOS. The van der Waals surface area contributed by atoms with Crippen LogP contribution in [0.25, 0.3) is 0 Å². The highest BCUT2D eigenvalue weighted by atomic mass is 79.9. The van der Waals surface area contributed by atoms with E-state index in [1.54, 1.807) is 0 Å².